The fourth-order valence-corrected chi connectivity index (χ4v) is 6.22. The predicted molar refractivity (Wildman–Crippen MR) is 104 cm³/mol. The Morgan fingerprint density at radius 3 is 2.12 bits per heavy atom. The maximum atomic E-state index is 13.6. The molecule has 3 rings (SSSR count). The summed E-state index contributed by atoms with van der Waals surface area (Å²) in [6, 6.07) is 14.0. The number of Topliss-reactive ketones (excluding diaryl/α,β-unsaturated/α-hetero) is 1. The van der Waals surface area contributed by atoms with Crippen molar-refractivity contribution in [3.63, 3.8) is 0 Å². The zero-order valence-corrected chi connectivity index (χ0v) is 16.2. The molecule has 1 fully saturated rings. The van der Waals surface area contributed by atoms with Gasteiger partial charge in [0, 0.05) is 18.4 Å². The molecule has 2 aromatic rings. The van der Waals surface area contributed by atoms with E-state index < -0.39 is 13.0 Å². The summed E-state index contributed by atoms with van der Waals surface area (Å²) in [7, 11) is -1.64. The van der Waals surface area contributed by atoms with Crippen LogP contribution in [0.4, 0.5) is 0 Å². The molecular formula is C22H26O2P+. The van der Waals surface area contributed by atoms with Crippen molar-refractivity contribution in [1.29, 1.82) is 0 Å². The first-order valence-electron chi connectivity index (χ1n) is 9.05. The van der Waals surface area contributed by atoms with E-state index >= 15 is 0 Å². The van der Waals surface area contributed by atoms with Crippen LogP contribution in [0.3, 0.4) is 0 Å². The van der Waals surface area contributed by atoms with Crippen molar-refractivity contribution in [1.82, 2.24) is 0 Å². The highest BCUT2D eigenvalue weighted by Crippen LogP contribution is 2.54. The Labute approximate surface area is 151 Å². The van der Waals surface area contributed by atoms with Crippen LogP contribution in [0.15, 0.2) is 42.5 Å². The number of aryl methyl sites for hydroxylation is 3. The first-order valence-corrected chi connectivity index (χ1v) is 10.5. The first-order chi connectivity index (χ1) is 11.9. The predicted octanol–water partition coefficient (Wildman–Crippen LogP) is 6.13. The largest absolute Gasteiger partial charge is 0.357 e. The molecule has 0 spiro atoms. The molecule has 1 aliphatic rings. The fourth-order valence-electron chi connectivity index (χ4n) is 4.22. The van der Waals surface area contributed by atoms with Gasteiger partial charge in [0.2, 0.25) is 10.9 Å². The quantitative estimate of drug-likeness (QED) is 0.478. The van der Waals surface area contributed by atoms with E-state index in [1.807, 2.05) is 44.2 Å². The van der Waals surface area contributed by atoms with Gasteiger partial charge in [-0.1, -0.05) is 52.6 Å². The van der Waals surface area contributed by atoms with Crippen LogP contribution in [-0.2, 0) is 10.7 Å². The minimum Gasteiger partial charge on any atom is -0.289 e. The highest BCUT2D eigenvalue weighted by atomic mass is 31.1. The SMILES string of the molecule is Cc1cc(C)c(C(=O)C2([P+](=O)Cc3ccccc3)CCCC2)c(C)c1. The summed E-state index contributed by atoms with van der Waals surface area (Å²) in [5.74, 6) is 0.108. The van der Waals surface area contributed by atoms with E-state index in [0.29, 0.717) is 6.16 Å². The smallest absolute Gasteiger partial charge is 0.289 e. The Morgan fingerprint density at radius 1 is 1.00 bits per heavy atom. The maximum absolute atomic E-state index is 13.6. The average molecular weight is 353 g/mol. The summed E-state index contributed by atoms with van der Waals surface area (Å²) in [4.78, 5) is 13.6. The summed E-state index contributed by atoms with van der Waals surface area (Å²) < 4.78 is 13.4. The monoisotopic (exact) mass is 353 g/mol. The van der Waals surface area contributed by atoms with E-state index in [1.165, 1.54) is 5.56 Å². The summed E-state index contributed by atoms with van der Waals surface area (Å²) in [6.45, 7) is 6.05. The Hall–Kier alpha value is -1.79. The van der Waals surface area contributed by atoms with Crippen LogP contribution < -0.4 is 0 Å². The molecule has 0 amide bonds. The number of carbonyl (C=O) groups excluding carboxylic acids is 1. The third kappa shape index (κ3) is 3.46. The Bertz CT molecular complexity index is 779. The molecule has 1 saturated carbocycles. The molecule has 0 aliphatic heterocycles. The van der Waals surface area contributed by atoms with Crippen LogP contribution in [0, 0.1) is 20.8 Å². The van der Waals surface area contributed by atoms with Gasteiger partial charge in [0.05, 0.1) is 0 Å². The number of hydrogen-bond donors (Lipinski definition) is 0. The molecule has 0 radical (unpaired) electrons. The maximum Gasteiger partial charge on any atom is 0.357 e. The number of ketones is 1. The van der Waals surface area contributed by atoms with Gasteiger partial charge in [0.15, 0.2) is 6.16 Å². The van der Waals surface area contributed by atoms with Crippen molar-refractivity contribution >= 4 is 13.6 Å². The summed E-state index contributed by atoms with van der Waals surface area (Å²) in [6.07, 6.45) is 3.98. The average Bonchev–Trinajstić information content (AvgIpc) is 3.05. The second-order valence-electron chi connectivity index (χ2n) is 7.36. The van der Waals surface area contributed by atoms with Gasteiger partial charge in [-0.15, -0.1) is 0 Å². The standard InChI is InChI=1S/C22H26O2P/c1-16-13-17(2)20(18(3)14-16)21(23)22(11-7-8-12-22)25(24)15-19-9-5-4-6-10-19/h4-6,9-10,13-14H,7-8,11-12,15H2,1-3H3/q+1. The molecule has 25 heavy (non-hydrogen) atoms. The Morgan fingerprint density at radius 2 is 1.56 bits per heavy atom. The van der Waals surface area contributed by atoms with E-state index in [0.717, 1.165) is 47.9 Å². The van der Waals surface area contributed by atoms with Gasteiger partial charge in [-0.05, 0) is 50.3 Å². The van der Waals surface area contributed by atoms with E-state index in [9.17, 15) is 9.36 Å². The molecule has 2 nitrogen and oxygen atoms in total. The van der Waals surface area contributed by atoms with Gasteiger partial charge in [-0.3, -0.25) is 4.79 Å². The van der Waals surface area contributed by atoms with Crippen molar-refractivity contribution in [2.24, 2.45) is 0 Å². The van der Waals surface area contributed by atoms with E-state index in [-0.39, 0.29) is 5.78 Å². The second-order valence-corrected chi connectivity index (χ2v) is 9.29. The minimum atomic E-state index is -1.64. The topological polar surface area (TPSA) is 34.1 Å². The van der Waals surface area contributed by atoms with Gasteiger partial charge in [-0.25, -0.2) is 0 Å². The lowest BCUT2D eigenvalue weighted by Gasteiger charge is -2.20. The number of rotatable bonds is 5. The lowest BCUT2D eigenvalue weighted by molar-refractivity contribution is 0.0939. The minimum absolute atomic E-state index is 0.108. The third-order valence-corrected chi connectivity index (χ3v) is 7.66. The van der Waals surface area contributed by atoms with E-state index in [4.69, 9.17) is 0 Å². The molecule has 0 aromatic heterocycles. The van der Waals surface area contributed by atoms with Gasteiger partial charge in [0.25, 0.3) is 0 Å². The van der Waals surface area contributed by atoms with E-state index in [1.54, 1.807) is 0 Å². The molecule has 1 aliphatic carbocycles. The van der Waals surface area contributed by atoms with E-state index in [2.05, 4.69) is 19.1 Å². The molecule has 0 bridgehead atoms. The lowest BCUT2D eigenvalue weighted by Crippen LogP contribution is -2.33. The summed E-state index contributed by atoms with van der Waals surface area (Å²) >= 11 is 0. The van der Waals surface area contributed by atoms with Crippen molar-refractivity contribution in [2.45, 2.75) is 57.8 Å². The van der Waals surface area contributed by atoms with Crippen molar-refractivity contribution in [2.75, 3.05) is 0 Å². The lowest BCUT2D eigenvalue weighted by atomic mass is 9.88. The zero-order valence-electron chi connectivity index (χ0n) is 15.3. The second kappa shape index (κ2) is 7.22. The van der Waals surface area contributed by atoms with Crippen LogP contribution in [0.1, 0.15) is 58.3 Å². The third-order valence-electron chi connectivity index (χ3n) is 5.40. The van der Waals surface area contributed by atoms with Crippen LogP contribution >= 0.6 is 7.80 Å². The molecule has 130 valence electrons. The summed E-state index contributed by atoms with van der Waals surface area (Å²) in [5, 5.41) is -0.685. The molecule has 3 heteroatoms. The molecule has 0 heterocycles. The van der Waals surface area contributed by atoms with Crippen LogP contribution in [-0.4, -0.2) is 10.9 Å². The van der Waals surface area contributed by atoms with Crippen LogP contribution in [0.25, 0.3) is 0 Å². The van der Waals surface area contributed by atoms with Crippen molar-refractivity contribution in [3.8, 4) is 0 Å². The fraction of sp³-hybridized carbons (Fsp3) is 0.409. The molecule has 1 atom stereocenters. The summed E-state index contributed by atoms with van der Waals surface area (Å²) in [5.41, 5.74) is 5.04. The van der Waals surface area contributed by atoms with Gasteiger partial charge in [0.1, 0.15) is 0 Å². The molecule has 2 aromatic carbocycles. The van der Waals surface area contributed by atoms with Crippen molar-refractivity contribution in [3.05, 3.63) is 70.3 Å². The van der Waals surface area contributed by atoms with Crippen molar-refractivity contribution < 1.29 is 9.36 Å². The number of carbonyl (C=O) groups is 1. The Kier molecular flexibility index (Phi) is 5.20. The van der Waals surface area contributed by atoms with Gasteiger partial charge >= 0.3 is 7.80 Å². The molecule has 1 unspecified atom stereocenters. The number of benzene rings is 2. The zero-order chi connectivity index (χ0) is 18.0. The van der Waals surface area contributed by atoms with Gasteiger partial charge < -0.3 is 0 Å². The Balaban J connectivity index is 1.98. The highest BCUT2D eigenvalue weighted by molar-refractivity contribution is 7.47. The first kappa shape index (κ1) is 18.0. The normalized spacial score (nSPS) is 16.7. The van der Waals surface area contributed by atoms with Gasteiger partial charge in [-0.2, -0.15) is 0 Å². The molecular weight excluding hydrogens is 327 g/mol. The highest BCUT2D eigenvalue weighted by Gasteiger charge is 2.57. The molecule has 0 saturated heterocycles. The number of hydrogen-bond acceptors (Lipinski definition) is 2. The molecule has 0 N–H and O–H groups in total. The van der Waals surface area contributed by atoms with Crippen LogP contribution in [0.5, 0.6) is 0 Å². The van der Waals surface area contributed by atoms with Crippen LogP contribution in [0.2, 0.25) is 0 Å².